The maximum Gasteiger partial charge on any atom is 0.122 e. The quantitative estimate of drug-likeness (QED) is 0.911. The van der Waals surface area contributed by atoms with Gasteiger partial charge in [0, 0.05) is 41.6 Å². The zero-order valence-electron chi connectivity index (χ0n) is 12.0. The summed E-state index contributed by atoms with van der Waals surface area (Å²) in [5.74, 6) is 1.86. The van der Waals surface area contributed by atoms with Crippen LogP contribution in [-0.2, 0) is 4.74 Å². The van der Waals surface area contributed by atoms with Crippen LogP contribution in [0.3, 0.4) is 0 Å². The van der Waals surface area contributed by atoms with E-state index in [0.29, 0.717) is 21.9 Å². The van der Waals surface area contributed by atoms with Gasteiger partial charge in [0.05, 0.1) is 0 Å². The van der Waals surface area contributed by atoms with Crippen LogP contribution in [0, 0.1) is 11.8 Å². The van der Waals surface area contributed by atoms with Crippen LogP contribution in [0.15, 0.2) is 18.2 Å². The van der Waals surface area contributed by atoms with E-state index < -0.39 is 0 Å². The minimum Gasteiger partial charge on any atom is -0.490 e. The maximum atomic E-state index is 6.34. The fourth-order valence-corrected chi connectivity index (χ4v) is 3.84. The molecule has 1 unspecified atom stereocenters. The molecular formula is C16H21Cl2NO2. The van der Waals surface area contributed by atoms with E-state index in [1.807, 2.05) is 12.1 Å². The normalized spacial score (nSPS) is 25.0. The van der Waals surface area contributed by atoms with Gasteiger partial charge in [-0.05, 0) is 44.0 Å². The van der Waals surface area contributed by atoms with Gasteiger partial charge in [-0.3, -0.25) is 0 Å². The summed E-state index contributed by atoms with van der Waals surface area (Å²) in [5.41, 5.74) is 0. The molecule has 0 spiro atoms. The Hall–Kier alpha value is -0.480. The van der Waals surface area contributed by atoms with Gasteiger partial charge in [-0.1, -0.05) is 23.2 Å². The van der Waals surface area contributed by atoms with E-state index in [1.165, 1.54) is 0 Å². The number of hydrogen-bond donors (Lipinski definition) is 1. The highest BCUT2D eigenvalue weighted by atomic mass is 35.5. The third-order valence-electron chi connectivity index (χ3n) is 4.40. The van der Waals surface area contributed by atoms with Gasteiger partial charge in [0.15, 0.2) is 0 Å². The molecule has 1 aromatic carbocycles. The van der Waals surface area contributed by atoms with E-state index in [4.69, 9.17) is 32.7 Å². The molecule has 2 aliphatic heterocycles. The lowest BCUT2D eigenvalue weighted by atomic mass is 9.85. The SMILES string of the molecule is Clc1cc(Cl)cc(OC(C2CCOCC2)[C@@H]2CCNC2)c1. The first kappa shape index (κ1) is 15.4. The zero-order chi connectivity index (χ0) is 14.7. The number of halogens is 2. The molecule has 2 saturated heterocycles. The van der Waals surface area contributed by atoms with Crippen molar-refractivity contribution < 1.29 is 9.47 Å². The molecule has 0 saturated carbocycles. The molecule has 1 aromatic rings. The predicted octanol–water partition coefficient (Wildman–Crippen LogP) is 3.78. The standard InChI is InChI=1S/C16H21Cl2NO2/c17-13-7-14(18)9-15(8-13)21-16(12-1-4-19-10-12)11-2-5-20-6-3-11/h7-9,11-12,16,19H,1-6,10H2/t12-,16?/m1/s1. The molecule has 2 atom stereocenters. The number of ether oxygens (including phenoxy) is 2. The van der Waals surface area contributed by atoms with Crippen molar-refractivity contribution in [3.05, 3.63) is 28.2 Å². The summed E-state index contributed by atoms with van der Waals surface area (Å²) in [4.78, 5) is 0. The monoisotopic (exact) mass is 329 g/mol. The van der Waals surface area contributed by atoms with Gasteiger partial charge >= 0.3 is 0 Å². The van der Waals surface area contributed by atoms with Crippen LogP contribution in [-0.4, -0.2) is 32.4 Å². The molecule has 2 fully saturated rings. The average molecular weight is 330 g/mol. The van der Waals surface area contributed by atoms with Gasteiger partial charge < -0.3 is 14.8 Å². The molecule has 0 bridgehead atoms. The Morgan fingerprint density at radius 1 is 1.05 bits per heavy atom. The van der Waals surface area contributed by atoms with Gasteiger partial charge in [-0.15, -0.1) is 0 Å². The molecule has 116 valence electrons. The number of rotatable bonds is 4. The summed E-state index contributed by atoms with van der Waals surface area (Å²) in [7, 11) is 0. The third kappa shape index (κ3) is 4.04. The van der Waals surface area contributed by atoms with Gasteiger partial charge in [0.1, 0.15) is 11.9 Å². The zero-order valence-corrected chi connectivity index (χ0v) is 13.5. The largest absolute Gasteiger partial charge is 0.490 e. The molecule has 5 heteroatoms. The fraction of sp³-hybridized carbons (Fsp3) is 0.625. The topological polar surface area (TPSA) is 30.5 Å². The number of hydrogen-bond acceptors (Lipinski definition) is 3. The second-order valence-electron chi connectivity index (χ2n) is 5.89. The van der Waals surface area contributed by atoms with Crippen molar-refractivity contribution in [3.8, 4) is 5.75 Å². The van der Waals surface area contributed by atoms with Crippen molar-refractivity contribution >= 4 is 23.2 Å². The van der Waals surface area contributed by atoms with Crippen LogP contribution < -0.4 is 10.1 Å². The molecule has 0 radical (unpaired) electrons. The highest BCUT2D eigenvalue weighted by molar-refractivity contribution is 6.34. The average Bonchev–Trinajstić information content (AvgIpc) is 2.98. The predicted molar refractivity (Wildman–Crippen MR) is 85.4 cm³/mol. The first-order valence-electron chi connectivity index (χ1n) is 7.63. The molecule has 2 heterocycles. The minimum absolute atomic E-state index is 0.207. The van der Waals surface area contributed by atoms with Crippen molar-refractivity contribution in [2.75, 3.05) is 26.3 Å². The maximum absolute atomic E-state index is 6.34. The fourth-order valence-electron chi connectivity index (χ4n) is 3.33. The van der Waals surface area contributed by atoms with Crippen LogP contribution in [0.25, 0.3) is 0 Å². The van der Waals surface area contributed by atoms with Gasteiger partial charge in [0.25, 0.3) is 0 Å². The van der Waals surface area contributed by atoms with Crippen molar-refractivity contribution in [3.63, 3.8) is 0 Å². The highest BCUT2D eigenvalue weighted by Crippen LogP contribution is 2.33. The van der Waals surface area contributed by atoms with Crippen molar-refractivity contribution in [2.24, 2.45) is 11.8 Å². The van der Waals surface area contributed by atoms with Crippen molar-refractivity contribution in [1.29, 1.82) is 0 Å². The molecule has 2 aliphatic rings. The van der Waals surface area contributed by atoms with Crippen LogP contribution in [0.5, 0.6) is 5.75 Å². The van der Waals surface area contributed by atoms with Crippen LogP contribution in [0.2, 0.25) is 10.0 Å². The van der Waals surface area contributed by atoms with Crippen molar-refractivity contribution in [2.45, 2.75) is 25.4 Å². The summed E-state index contributed by atoms with van der Waals surface area (Å²) in [5, 5.41) is 4.67. The molecule has 21 heavy (non-hydrogen) atoms. The van der Waals surface area contributed by atoms with E-state index in [-0.39, 0.29) is 6.10 Å². The van der Waals surface area contributed by atoms with Crippen LogP contribution >= 0.6 is 23.2 Å². The molecular weight excluding hydrogens is 309 g/mol. The Balaban J connectivity index is 1.77. The minimum atomic E-state index is 0.207. The van der Waals surface area contributed by atoms with E-state index in [2.05, 4.69) is 5.32 Å². The van der Waals surface area contributed by atoms with Crippen LogP contribution in [0.4, 0.5) is 0 Å². The molecule has 0 amide bonds. The Labute approximate surface area is 135 Å². The van der Waals surface area contributed by atoms with Gasteiger partial charge in [-0.2, -0.15) is 0 Å². The Morgan fingerprint density at radius 3 is 2.38 bits per heavy atom. The second-order valence-corrected chi connectivity index (χ2v) is 6.76. The smallest absolute Gasteiger partial charge is 0.122 e. The molecule has 1 N–H and O–H groups in total. The summed E-state index contributed by atoms with van der Waals surface area (Å²) >= 11 is 12.2. The summed E-state index contributed by atoms with van der Waals surface area (Å²) < 4.78 is 11.8. The summed E-state index contributed by atoms with van der Waals surface area (Å²) in [6.07, 6.45) is 3.50. The molecule has 3 rings (SSSR count). The molecule has 0 aromatic heterocycles. The van der Waals surface area contributed by atoms with Crippen molar-refractivity contribution in [1.82, 2.24) is 5.32 Å². The summed E-state index contributed by atoms with van der Waals surface area (Å²) in [6.45, 7) is 3.77. The lowest BCUT2D eigenvalue weighted by Gasteiger charge is -2.34. The first-order valence-corrected chi connectivity index (χ1v) is 8.39. The van der Waals surface area contributed by atoms with E-state index >= 15 is 0 Å². The van der Waals surface area contributed by atoms with Gasteiger partial charge in [-0.25, -0.2) is 0 Å². The lowest BCUT2D eigenvalue weighted by Crippen LogP contribution is -2.39. The number of nitrogens with one attached hydrogen (secondary N) is 1. The van der Waals surface area contributed by atoms with E-state index in [0.717, 1.165) is 51.3 Å². The van der Waals surface area contributed by atoms with Crippen LogP contribution in [0.1, 0.15) is 19.3 Å². The Kier molecular flexibility index (Phi) is 5.28. The lowest BCUT2D eigenvalue weighted by molar-refractivity contribution is -0.00133. The molecule has 0 aliphatic carbocycles. The second kappa shape index (κ2) is 7.19. The highest BCUT2D eigenvalue weighted by Gasteiger charge is 2.34. The van der Waals surface area contributed by atoms with E-state index in [9.17, 15) is 0 Å². The molecule has 3 nitrogen and oxygen atoms in total. The number of benzene rings is 1. The Bertz CT molecular complexity index is 451. The van der Waals surface area contributed by atoms with E-state index in [1.54, 1.807) is 6.07 Å². The third-order valence-corrected chi connectivity index (χ3v) is 4.84. The summed E-state index contributed by atoms with van der Waals surface area (Å²) in [6, 6.07) is 5.43. The Morgan fingerprint density at radius 2 is 1.76 bits per heavy atom. The first-order chi connectivity index (χ1) is 10.2. The van der Waals surface area contributed by atoms with Gasteiger partial charge in [0.2, 0.25) is 0 Å².